The Morgan fingerprint density at radius 2 is 1.67 bits per heavy atom. The summed E-state index contributed by atoms with van der Waals surface area (Å²) in [5.74, 6) is 0. The van der Waals surface area contributed by atoms with Gasteiger partial charge in [0.25, 0.3) is 0 Å². The van der Waals surface area contributed by atoms with E-state index in [-0.39, 0.29) is 16.8 Å². The van der Waals surface area contributed by atoms with Gasteiger partial charge in [0.1, 0.15) is 0 Å². The van der Waals surface area contributed by atoms with Crippen LogP contribution in [0.4, 0.5) is 18.9 Å². The van der Waals surface area contributed by atoms with E-state index in [2.05, 4.69) is 47.3 Å². The van der Waals surface area contributed by atoms with Gasteiger partial charge in [0, 0.05) is 22.8 Å². The Morgan fingerprint density at radius 1 is 0.933 bits per heavy atom. The predicted molar refractivity (Wildman–Crippen MR) is 111 cm³/mol. The molecule has 2 atom stereocenters. The lowest BCUT2D eigenvalue weighted by molar-refractivity contribution is -0.212. The minimum absolute atomic E-state index is 0.00000661. The molecule has 6 heteroatoms. The Morgan fingerprint density at radius 3 is 2.47 bits per heavy atom. The zero-order valence-electron chi connectivity index (χ0n) is 16.3. The lowest BCUT2D eigenvalue weighted by Gasteiger charge is -2.44. The Bertz CT molecular complexity index is 1210. The fourth-order valence-electron chi connectivity index (χ4n) is 4.59. The summed E-state index contributed by atoms with van der Waals surface area (Å²) in [6.45, 7) is 2.11. The van der Waals surface area contributed by atoms with Crippen LogP contribution in [0.1, 0.15) is 35.7 Å². The molecule has 1 aliphatic heterocycles. The molecule has 2 unspecified atom stereocenters. The first-order chi connectivity index (χ1) is 14.4. The van der Waals surface area contributed by atoms with Gasteiger partial charge >= 0.3 is 6.30 Å². The number of fused-ring (bicyclic) bond motifs is 2. The number of alkyl halides is 3. The molecule has 0 radical (unpaired) electrons. The van der Waals surface area contributed by atoms with E-state index in [4.69, 9.17) is 0 Å². The lowest BCUT2D eigenvalue weighted by Crippen LogP contribution is -2.37. The van der Waals surface area contributed by atoms with Gasteiger partial charge in [-0.3, -0.25) is 0 Å². The predicted octanol–water partition coefficient (Wildman–Crippen LogP) is 6.38. The molecule has 0 amide bonds. The van der Waals surface area contributed by atoms with Gasteiger partial charge in [0.05, 0.1) is 18.3 Å². The van der Waals surface area contributed by atoms with Crippen molar-refractivity contribution < 1.29 is 13.2 Å². The number of hydrogen-bond donors (Lipinski definition) is 0. The second-order valence-corrected chi connectivity index (χ2v) is 7.69. The second-order valence-electron chi connectivity index (χ2n) is 7.69. The van der Waals surface area contributed by atoms with E-state index < -0.39 is 6.30 Å². The van der Waals surface area contributed by atoms with Gasteiger partial charge in [-0.2, -0.15) is 9.78 Å². The van der Waals surface area contributed by atoms with Crippen LogP contribution in [0.2, 0.25) is 0 Å². The van der Waals surface area contributed by atoms with Crippen LogP contribution in [-0.4, -0.2) is 9.78 Å². The van der Waals surface area contributed by atoms with Crippen molar-refractivity contribution in [2.75, 3.05) is 4.90 Å². The summed E-state index contributed by atoms with van der Waals surface area (Å²) < 4.78 is 39.7. The molecule has 1 aliphatic rings. The van der Waals surface area contributed by atoms with E-state index in [9.17, 15) is 13.2 Å². The smallest absolute Gasteiger partial charge is 0.357 e. The summed E-state index contributed by atoms with van der Waals surface area (Å²) in [5.41, 5.74) is 3.93. The number of hydrogen-bond acceptors (Lipinski definition) is 2. The van der Waals surface area contributed by atoms with Crippen molar-refractivity contribution in [3.8, 4) is 0 Å². The fourth-order valence-corrected chi connectivity index (χ4v) is 4.59. The second kappa shape index (κ2) is 6.90. The molecule has 0 aliphatic carbocycles. The highest BCUT2D eigenvalue weighted by Gasteiger charge is 2.37. The maximum absolute atomic E-state index is 13.2. The van der Waals surface area contributed by atoms with E-state index in [0.29, 0.717) is 12.0 Å². The van der Waals surface area contributed by atoms with Gasteiger partial charge in [-0.25, -0.2) is 0 Å². The molecule has 2 heterocycles. The summed E-state index contributed by atoms with van der Waals surface area (Å²) in [7, 11) is 0. The molecule has 4 aromatic rings. The summed E-state index contributed by atoms with van der Waals surface area (Å²) in [6.07, 6.45) is -1.45. The van der Waals surface area contributed by atoms with E-state index in [1.165, 1.54) is 11.8 Å². The van der Waals surface area contributed by atoms with E-state index in [1.807, 2.05) is 36.4 Å². The molecule has 0 saturated carbocycles. The molecule has 30 heavy (non-hydrogen) atoms. The fraction of sp³-hybridized carbons (Fsp3) is 0.208. The van der Waals surface area contributed by atoms with Crippen LogP contribution in [0.3, 0.4) is 0 Å². The van der Waals surface area contributed by atoms with Gasteiger partial charge in [-0.05, 0) is 35.9 Å². The average molecular weight is 407 g/mol. The summed E-state index contributed by atoms with van der Waals surface area (Å²) in [5, 5.41) is 5.78. The van der Waals surface area contributed by atoms with Crippen LogP contribution in [0.25, 0.3) is 10.8 Å². The van der Waals surface area contributed by atoms with Crippen LogP contribution >= 0.6 is 0 Å². The monoisotopic (exact) mass is 407 g/mol. The molecule has 0 bridgehead atoms. The minimum Gasteiger partial charge on any atom is -0.357 e. The standard InChI is InChI=1S/C24H20F3N3/c1-16-20-10-4-3-8-18(20)13-23(19-14-28-29(15-19)24(25,26)27)30(16)22-12-6-9-17-7-2-5-11-21(17)22/h2-12,14-16,23H,13H2,1H3. The molecule has 152 valence electrons. The average Bonchev–Trinajstić information content (AvgIpc) is 3.24. The third kappa shape index (κ3) is 3.03. The molecular formula is C24H20F3N3. The van der Waals surface area contributed by atoms with Crippen LogP contribution in [0, 0.1) is 0 Å². The Labute approximate surface area is 172 Å². The van der Waals surface area contributed by atoms with Gasteiger partial charge in [0.15, 0.2) is 0 Å². The zero-order valence-corrected chi connectivity index (χ0v) is 16.3. The summed E-state index contributed by atoms with van der Waals surface area (Å²) in [6, 6.07) is 22.1. The van der Waals surface area contributed by atoms with E-state index >= 15 is 0 Å². The SMILES string of the molecule is CC1c2ccccc2CC(c2cnn(C(F)(F)F)c2)N1c1cccc2ccccc12. The lowest BCUT2D eigenvalue weighted by atomic mass is 9.85. The number of benzene rings is 3. The van der Waals surface area contributed by atoms with Crippen LogP contribution < -0.4 is 4.90 Å². The van der Waals surface area contributed by atoms with Crippen molar-refractivity contribution >= 4 is 16.5 Å². The summed E-state index contributed by atoms with van der Waals surface area (Å²) in [4.78, 5) is 2.24. The van der Waals surface area contributed by atoms with E-state index in [0.717, 1.165) is 28.2 Å². The van der Waals surface area contributed by atoms with Crippen LogP contribution in [0.5, 0.6) is 0 Å². The van der Waals surface area contributed by atoms with Gasteiger partial charge < -0.3 is 4.90 Å². The van der Waals surface area contributed by atoms with Crippen molar-refractivity contribution in [3.05, 3.63) is 95.8 Å². The van der Waals surface area contributed by atoms with Crippen molar-refractivity contribution in [2.24, 2.45) is 0 Å². The van der Waals surface area contributed by atoms with Gasteiger partial charge in [0.2, 0.25) is 0 Å². The molecule has 0 spiro atoms. The van der Waals surface area contributed by atoms with Crippen molar-refractivity contribution in [3.63, 3.8) is 0 Å². The maximum Gasteiger partial charge on any atom is 0.504 e. The number of nitrogens with zero attached hydrogens (tertiary/aromatic N) is 3. The Kier molecular flexibility index (Phi) is 4.31. The molecule has 5 rings (SSSR count). The maximum atomic E-state index is 13.2. The molecule has 0 fully saturated rings. The molecule has 3 nitrogen and oxygen atoms in total. The molecule has 0 saturated heterocycles. The van der Waals surface area contributed by atoms with Crippen molar-refractivity contribution in [1.82, 2.24) is 9.78 Å². The van der Waals surface area contributed by atoms with Crippen LogP contribution in [-0.2, 0) is 12.7 Å². The zero-order chi connectivity index (χ0) is 20.9. The molecule has 0 N–H and O–H groups in total. The highest BCUT2D eigenvalue weighted by Crippen LogP contribution is 2.45. The molecular weight excluding hydrogens is 387 g/mol. The Hall–Kier alpha value is -3.28. The highest BCUT2D eigenvalue weighted by atomic mass is 19.4. The van der Waals surface area contributed by atoms with E-state index in [1.54, 1.807) is 0 Å². The molecule has 3 aromatic carbocycles. The van der Waals surface area contributed by atoms with Gasteiger partial charge in [-0.1, -0.05) is 60.7 Å². The first-order valence-electron chi connectivity index (χ1n) is 9.89. The largest absolute Gasteiger partial charge is 0.504 e. The Balaban J connectivity index is 1.70. The van der Waals surface area contributed by atoms with Crippen LogP contribution in [0.15, 0.2) is 79.1 Å². The van der Waals surface area contributed by atoms with Crippen molar-refractivity contribution in [1.29, 1.82) is 0 Å². The van der Waals surface area contributed by atoms with Crippen molar-refractivity contribution in [2.45, 2.75) is 31.7 Å². The summed E-state index contributed by atoms with van der Waals surface area (Å²) >= 11 is 0. The number of halogens is 3. The third-order valence-electron chi connectivity index (χ3n) is 5.96. The van der Waals surface area contributed by atoms with Gasteiger partial charge in [-0.15, -0.1) is 13.2 Å². The number of rotatable bonds is 2. The first kappa shape index (κ1) is 18.7. The number of aromatic nitrogens is 2. The third-order valence-corrected chi connectivity index (χ3v) is 5.96. The normalized spacial score (nSPS) is 19.1. The first-order valence-corrected chi connectivity index (χ1v) is 9.89. The number of anilines is 1. The topological polar surface area (TPSA) is 21.1 Å². The quantitative estimate of drug-likeness (QED) is 0.385. The minimum atomic E-state index is -4.53. The molecule has 1 aromatic heterocycles. The highest BCUT2D eigenvalue weighted by molar-refractivity contribution is 5.94.